The first-order chi connectivity index (χ1) is 68.6. The quantitative estimate of drug-likeness (QED) is 0.0632. The van der Waals surface area contributed by atoms with Crippen molar-refractivity contribution in [2.45, 2.75) is 0 Å². The molecular weight excluding hydrogens is 1680 g/mol. The van der Waals surface area contributed by atoms with E-state index < -0.39 is 0 Å². The third-order valence-electron chi connectivity index (χ3n) is 25.9. The van der Waals surface area contributed by atoms with Crippen LogP contribution in [0.1, 0.15) is 5.56 Å². The average molecular weight is 1790 g/mol. The molecule has 0 unspecified atom stereocenters. The Hall–Kier alpha value is -18.4. The van der Waals surface area contributed by atoms with Crippen LogP contribution in [0.3, 0.4) is 0 Å². The van der Waals surface area contributed by atoms with Crippen molar-refractivity contribution >= 4 is 107 Å². The summed E-state index contributed by atoms with van der Waals surface area (Å²) in [6.45, 7) is 0. The standard InChI is InChI=1S/C47H36N2.C43H34N2.C42H31N3/c1-48(47-18-10-16-41-15-8-9-17-46(41)47)42-27-19-39(20-28-42)40-25-33-45(34-26-40)49(43-29-21-37(22-30-43)35-11-4-2-5-12-35)44-31-23-38(24-32-44)36-13-6-3-7-14-36;1-44(39-15-9-4-10-16-39)40-25-17-37(18-26-40)38-23-31-43(32-24-38)45(41-27-19-35(20-28-41)33-11-5-2-6-12-33)42-29-21-36(22-30-42)34-13-7-3-8-14-34;1-44(40-15-7-9-31(27-40)30-43)38-22-17-34(18-23-38)35-19-24-39(25-20-35)45(42-26-21-33-12-5-6-13-36(33)29-42)41-16-8-14-37(28-41)32-10-3-2-4-11-32/h2-34H,1H3;2-32H,1H3;2-29H,1H3. The summed E-state index contributed by atoms with van der Waals surface area (Å²) in [6.07, 6.45) is 0. The lowest BCUT2D eigenvalue weighted by atomic mass is 10.0. The molecule has 0 radical (unpaired) electrons. The van der Waals surface area contributed by atoms with E-state index in [1.54, 1.807) is 0 Å². The van der Waals surface area contributed by atoms with E-state index in [1.807, 2.05) is 37.4 Å². The minimum Gasteiger partial charge on any atom is -0.345 e. The van der Waals surface area contributed by atoms with Gasteiger partial charge in [-0.3, -0.25) is 0 Å². The monoisotopic (exact) mass is 1780 g/mol. The largest absolute Gasteiger partial charge is 0.345 e. The van der Waals surface area contributed by atoms with Crippen LogP contribution in [-0.2, 0) is 0 Å². The van der Waals surface area contributed by atoms with Crippen LogP contribution < -0.4 is 29.4 Å². The van der Waals surface area contributed by atoms with Crippen LogP contribution in [0, 0.1) is 11.3 Å². The van der Waals surface area contributed by atoms with E-state index in [4.69, 9.17) is 0 Å². The summed E-state index contributed by atoms with van der Waals surface area (Å²) in [6, 6.07) is 200. The summed E-state index contributed by atoms with van der Waals surface area (Å²) in [5.74, 6) is 0. The number of hydrogen-bond donors (Lipinski definition) is 0. The smallest absolute Gasteiger partial charge is 0.0992 e. The highest BCUT2D eigenvalue weighted by atomic mass is 15.2. The Balaban J connectivity index is 0.000000128. The minimum absolute atomic E-state index is 0.653. The van der Waals surface area contributed by atoms with Gasteiger partial charge in [-0.2, -0.15) is 5.26 Å². The van der Waals surface area contributed by atoms with E-state index in [-0.39, 0.29) is 0 Å². The molecule has 0 N–H and O–H groups in total. The van der Waals surface area contributed by atoms with Crippen LogP contribution in [0.15, 0.2) is 558 Å². The minimum atomic E-state index is 0.653. The number of nitrogens with zero attached hydrogens (tertiary/aromatic N) is 7. The normalized spacial score (nSPS) is 10.8. The molecule has 0 atom stereocenters. The first-order valence-corrected chi connectivity index (χ1v) is 47.1. The first-order valence-electron chi connectivity index (χ1n) is 47.1. The second-order valence-corrected chi connectivity index (χ2v) is 34.6. The molecule has 0 aromatic heterocycles. The van der Waals surface area contributed by atoms with E-state index >= 15 is 0 Å². The van der Waals surface area contributed by atoms with Crippen LogP contribution in [0.25, 0.3) is 111 Å². The van der Waals surface area contributed by atoms with Crippen LogP contribution >= 0.6 is 0 Å². The molecule has 0 fully saturated rings. The molecule has 7 heteroatoms. The highest BCUT2D eigenvalue weighted by molar-refractivity contribution is 5.97. The number of hydrogen-bond acceptors (Lipinski definition) is 7. The molecule has 139 heavy (non-hydrogen) atoms. The van der Waals surface area contributed by atoms with Crippen molar-refractivity contribution in [3.63, 3.8) is 0 Å². The van der Waals surface area contributed by atoms with Gasteiger partial charge in [0.1, 0.15) is 0 Å². The zero-order valence-corrected chi connectivity index (χ0v) is 77.7. The zero-order valence-electron chi connectivity index (χ0n) is 77.7. The Bertz CT molecular complexity index is 7700. The Morgan fingerprint density at radius 3 is 0.727 bits per heavy atom. The van der Waals surface area contributed by atoms with Crippen LogP contribution in [0.5, 0.6) is 0 Å². The molecule has 0 amide bonds. The maximum atomic E-state index is 9.29. The van der Waals surface area contributed by atoms with Gasteiger partial charge in [-0.1, -0.05) is 376 Å². The number of rotatable bonds is 23. The molecule has 0 spiro atoms. The summed E-state index contributed by atoms with van der Waals surface area (Å²) in [5, 5.41) is 14.2. The third kappa shape index (κ3) is 20.4. The van der Waals surface area contributed by atoms with Crippen LogP contribution in [0.2, 0.25) is 0 Å². The van der Waals surface area contributed by atoms with E-state index in [1.165, 1.54) is 111 Å². The molecule has 22 aromatic carbocycles. The lowest BCUT2D eigenvalue weighted by Crippen LogP contribution is -2.10. The topological polar surface area (TPSA) is 43.2 Å². The van der Waals surface area contributed by atoms with Crippen molar-refractivity contribution in [1.82, 2.24) is 0 Å². The summed E-state index contributed by atoms with van der Waals surface area (Å²) >= 11 is 0. The molecule has 0 aliphatic carbocycles. The Morgan fingerprint density at radius 1 is 0.144 bits per heavy atom. The van der Waals surface area contributed by atoms with Gasteiger partial charge in [0.05, 0.1) is 11.6 Å². The van der Waals surface area contributed by atoms with Crippen molar-refractivity contribution in [3.05, 3.63) is 564 Å². The van der Waals surface area contributed by atoms with E-state index in [2.05, 4.69) is 577 Å². The Morgan fingerprint density at radius 2 is 0.367 bits per heavy atom. The van der Waals surface area contributed by atoms with Gasteiger partial charge in [0.15, 0.2) is 0 Å². The molecule has 22 aromatic rings. The molecule has 0 bridgehead atoms. The maximum absolute atomic E-state index is 9.29. The number of para-hydroxylation sites is 1. The van der Waals surface area contributed by atoms with E-state index in [0.29, 0.717) is 5.56 Å². The van der Waals surface area contributed by atoms with Crippen LogP contribution in [0.4, 0.5) is 85.3 Å². The fraction of sp³-hybridized carbons (Fsp3) is 0.0227. The lowest BCUT2D eigenvalue weighted by molar-refractivity contribution is 1.21. The first kappa shape index (κ1) is 88.6. The van der Waals surface area contributed by atoms with Crippen molar-refractivity contribution in [2.75, 3.05) is 50.5 Å². The van der Waals surface area contributed by atoms with Gasteiger partial charge in [-0.05, 0) is 287 Å². The second-order valence-electron chi connectivity index (χ2n) is 34.6. The van der Waals surface area contributed by atoms with Crippen molar-refractivity contribution < 1.29 is 0 Å². The number of anilines is 15. The van der Waals surface area contributed by atoms with Gasteiger partial charge in [0.2, 0.25) is 0 Å². The number of nitriles is 1. The summed E-state index contributed by atoms with van der Waals surface area (Å²) in [4.78, 5) is 13.5. The Kier molecular flexibility index (Phi) is 26.7. The predicted molar refractivity (Wildman–Crippen MR) is 590 cm³/mol. The fourth-order valence-corrected chi connectivity index (χ4v) is 18.3. The molecule has 664 valence electrons. The van der Waals surface area contributed by atoms with Crippen molar-refractivity contribution in [3.8, 4) is 95.1 Å². The molecule has 0 aliphatic heterocycles. The third-order valence-corrected chi connectivity index (χ3v) is 25.9. The molecular formula is C132H101N7. The van der Waals surface area contributed by atoms with Crippen LogP contribution in [-0.4, -0.2) is 21.1 Å². The summed E-state index contributed by atoms with van der Waals surface area (Å²) in [7, 11) is 6.26. The van der Waals surface area contributed by atoms with E-state index in [0.717, 1.165) is 85.1 Å². The Labute approximate surface area is 815 Å². The number of fused-ring (bicyclic) bond motifs is 2. The van der Waals surface area contributed by atoms with Gasteiger partial charge in [-0.15, -0.1) is 0 Å². The summed E-state index contributed by atoms with van der Waals surface area (Å²) < 4.78 is 0. The summed E-state index contributed by atoms with van der Waals surface area (Å²) in [5.41, 5.74) is 36.4. The van der Waals surface area contributed by atoms with E-state index in [9.17, 15) is 5.26 Å². The van der Waals surface area contributed by atoms with Gasteiger partial charge >= 0.3 is 0 Å². The predicted octanol–water partition coefficient (Wildman–Crippen LogP) is 36.3. The van der Waals surface area contributed by atoms with Crippen molar-refractivity contribution in [2.24, 2.45) is 0 Å². The molecule has 0 saturated carbocycles. The second kappa shape index (κ2) is 41.8. The fourth-order valence-electron chi connectivity index (χ4n) is 18.3. The van der Waals surface area contributed by atoms with Crippen molar-refractivity contribution in [1.29, 1.82) is 5.26 Å². The molecule has 22 rings (SSSR count). The lowest BCUT2D eigenvalue weighted by Gasteiger charge is -2.26. The zero-order chi connectivity index (χ0) is 94.0. The molecule has 0 heterocycles. The SMILES string of the molecule is CN(c1ccc(-c2ccc(N(c3ccc(-c4ccccc4)cc3)c3ccc(-c4ccccc4)cc3)cc2)cc1)c1cccc2ccccc12.CN(c1ccc(-c2ccc(N(c3cccc(-c4ccccc4)c3)c3ccc4ccccc4c3)cc2)cc1)c1cccc(C#N)c1.CN(c1ccccc1)c1ccc(-c2ccc(N(c3ccc(-c4ccccc4)cc3)c3ccc(-c4ccccc4)cc3)cc2)cc1. The molecule has 0 saturated heterocycles. The maximum Gasteiger partial charge on any atom is 0.0992 e. The molecule has 0 aliphatic rings. The average Bonchev–Trinajstić information content (AvgIpc) is 0.781. The van der Waals surface area contributed by atoms with Gasteiger partial charge < -0.3 is 29.4 Å². The van der Waals surface area contributed by atoms with Gasteiger partial charge in [-0.25, -0.2) is 0 Å². The highest BCUT2D eigenvalue weighted by Crippen LogP contribution is 2.45. The van der Waals surface area contributed by atoms with Gasteiger partial charge in [0, 0.05) is 112 Å². The number of benzene rings is 22. The highest BCUT2D eigenvalue weighted by Gasteiger charge is 2.21. The molecule has 7 nitrogen and oxygen atoms in total. The van der Waals surface area contributed by atoms with Gasteiger partial charge in [0.25, 0.3) is 0 Å².